The van der Waals surface area contributed by atoms with Crippen LogP contribution in [0.4, 0.5) is 0 Å². The quantitative estimate of drug-likeness (QED) is 0.652. The molecule has 0 spiro atoms. The monoisotopic (exact) mass is 348 g/mol. The van der Waals surface area contributed by atoms with Crippen LogP contribution in [0.5, 0.6) is 0 Å². The third kappa shape index (κ3) is 5.74. The fourth-order valence-corrected chi connectivity index (χ4v) is 4.24. The fourth-order valence-electron chi connectivity index (χ4n) is 1.73. The zero-order valence-corrected chi connectivity index (χ0v) is 14.3. The summed E-state index contributed by atoms with van der Waals surface area (Å²) < 4.78 is 26.7. The molecule has 124 valence electrons. The minimum atomic E-state index is -3.89. The Morgan fingerprint density at radius 1 is 1.32 bits per heavy atom. The van der Waals surface area contributed by atoms with Crippen molar-refractivity contribution in [2.45, 2.75) is 44.0 Å². The molecule has 9 heteroatoms. The lowest BCUT2D eigenvalue weighted by molar-refractivity contribution is -0.139. The van der Waals surface area contributed by atoms with E-state index in [2.05, 4.69) is 10.0 Å². The van der Waals surface area contributed by atoms with Crippen LogP contribution < -0.4 is 10.0 Å². The molecule has 0 aliphatic rings. The summed E-state index contributed by atoms with van der Waals surface area (Å²) in [4.78, 5) is 22.7. The average molecular weight is 348 g/mol. The second-order valence-corrected chi connectivity index (χ2v) is 8.38. The number of nitrogens with one attached hydrogen (secondary N) is 2. The number of hydrogen-bond donors (Lipinski definition) is 3. The van der Waals surface area contributed by atoms with Gasteiger partial charge in [0.25, 0.3) is 10.0 Å². The maximum atomic E-state index is 12.2. The lowest BCUT2D eigenvalue weighted by Crippen LogP contribution is -2.41. The van der Waals surface area contributed by atoms with Crippen molar-refractivity contribution >= 4 is 33.2 Å². The van der Waals surface area contributed by atoms with Crippen molar-refractivity contribution in [2.75, 3.05) is 0 Å². The second kappa shape index (κ2) is 7.70. The molecule has 1 heterocycles. The summed E-state index contributed by atoms with van der Waals surface area (Å²) in [5.74, 6) is -1.37. The first-order chi connectivity index (χ1) is 10.1. The molecule has 22 heavy (non-hydrogen) atoms. The Labute approximate surface area is 133 Å². The van der Waals surface area contributed by atoms with Gasteiger partial charge >= 0.3 is 5.97 Å². The van der Waals surface area contributed by atoms with Crippen LogP contribution in [0.15, 0.2) is 16.3 Å². The predicted molar refractivity (Wildman–Crippen MR) is 83.0 cm³/mol. The molecule has 0 fully saturated rings. The van der Waals surface area contributed by atoms with Crippen LogP contribution in [-0.2, 0) is 26.2 Å². The van der Waals surface area contributed by atoms with E-state index in [-0.39, 0.29) is 29.0 Å². The molecule has 0 aliphatic carbocycles. The zero-order valence-electron chi connectivity index (χ0n) is 12.6. The molecule has 1 unspecified atom stereocenters. The van der Waals surface area contributed by atoms with Gasteiger partial charge in [0.2, 0.25) is 5.91 Å². The lowest BCUT2D eigenvalue weighted by Gasteiger charge is -2.15. The summed E-state index contributed by atoms with van der Waals surface area (Å²) in [7, 11) is -3.89. The number of rotatable bonds is 8. The first-order valence-electron chi connectivity index (χ1n) is 6.70. The van der Waals surface area contributed by atoms with Crippen LogP contribution in [-0.4, -0.2) is 31.4 Å². The van der Waals surface area contributed by atoms with Gasteiger partial charge in [-0.15, -0.1) is 11.3 Å². The number of thiophene rings is 1. The number of carboxylic acid groups (broad SMARTS) is 1. The number of carboxylic acids is 1. The standard InChI is InChI=1S/C13H20N2O5S2/c1-8(2)6-11(13(17)18)15-22(19,20)12-5-4-10(21-12)7-14-9(3)16/h4-5,8,11,15H,6-7H2,1-3H3,(H,14,16)(H,17,18). The highest BCUT2D eigenvalue weighted by molar-refractivity contribution is 7.91. The molecule has 1 amide bonds. The summed E-state index contributed by atoms with van der Waals surface area (Å²) in [6.07, 6.45) is 0.207. The van der Waals surface area contributed by atoms with Crippen molar-refractivity contribution in [3.05, 3.63) is 17.0 Å². The molecule has 0 saturated heterocycles. The highest BCUT2D eigenvalue weighted by Gasteiger charge is 2.27. The van der Waals surface area contributed by atoms with Crippen LogP contribution in [0.1, 0.15) is 32.1 Å². The van der Waals surface area contributed by atoms with E-state index >= 15 is 0 Å². The van der Waals surface area contributed by atoms with Crippen LogP contribution in [0.3, 0.4) is 0 Å². The van der Waals surface area contributed by atoms with Crippen molar-refractivity contribution in [2.24, 2.45) is 5.92 Å². The van der Waals surface area contributed by atoms with E-state index in [4.69, 9.17) is 5.11 Å². The highest BCUT2D eigenvalue weighted by atomic mass is 32.2. The Bertz CT molecular complexity index is 637. The number of hydrogen-bond acceptors (Lipinski definition) is 5. The third-order valence-electron chi connectivity index (χ3n) is 2.72. The van der Waals surface area contributed by atoms with Gasteiger partial charge in [0, 0.05) is 11.8 Å². The van der Waals surface area contributed by atoms with Crippen molar-refractivity contribution in [3.8, 4) is 0 Å². The summed E-state index contributed by atoms with van der Waals surface area (Å²) in [6.45, 7) is 5.25. The zero-order chi connectivity index (χ0) is 16.9. The Morgan fingerprint density at radius 2 is 1.95 bits per heavy atom. The average Bonchev–Trinajstić information content (AvgIpc) is 2.84. The molecule has 1 aromatic heterocycles. The molecule has 1 atom stereocenters. The molecule has 3 N–H and O–H groups in total. The van der Waals surface area contributed by atoms with E-state index in [1.54, 1.807) is 6.07 Å². The van der Waals surface area contributed by atoms with Gasteiger partial charge in [0.1, 0.15) is 10.3 Å². The Balaban J connectivity index is 2.84. The molecule has 0 aromatic carbocycles. The van der Waals surface area contributed by atoms with Crippen LogP contribution in [0.25, 0.3) is 0 Å². The number of aliphatic carboxylic acids is 1. The number of carbonyl (C=O) groups is 2. The first kappa shape index (κ1) is 18.6. The van der Waals surface area contributed by atoms with Gasteiger partial charge < -0.3 is 10.4 Å². The molecule has 0 saturated carbocycles. The van der Waals surface area contributed by atoms with Crippen molar-refractivity contribution in [1.82, 2.24) is 10.0 Å². The SMILES string of the molecule is CC(=O)NCc1ccc(S(=O)(=O)NC(CC(C)C)C(=O)O)s1. The number of amides is 1. The van der Waals surface area contributed by atoms with Gasteiger partial charge in [0.05, 0.1) is 6.54 Å². The largest absolute Gasteiger partial charge is 0.480 e. The van der Waals surface area contributed by atoms with E-state index in [9.17, 15) is 18.0 Å². The normalized spacial score (nSPS) is 13.1. The Hall–Kier alpha value is -1.45. The summed E-state index contributed by atoms with van der Waals surface area (Å²) in [6, 6.07) is 1.83. The van der Waals surface area contributed by atoms with Crippen molar-refractivity contribution in [3.63, 3.8) is 0 Å². The molecule has 1 aromatic rings. The van der Waals surface area contributed by atoms with E-state index in [1.165, 1.54) is 13.0 Å². The molecule has 0 bridgehead atoms. The first-order valence-corrected chi connectivity index (χ1v) is 9.00. The molecule has 7 nitrogen and oxygen atoms in total. The van der Waals surface area contributed by atoms with Gasteiger partial charge in [-0.2, -0.15) is 4.72 Å². The van der Waals surface area contributed by atoms with Gasteiger partial charge in [0.15, 0.2) is 0 Å². The maximum absolute atomic E-state index is 12.2. The van der Waals surface area contributed by atoms with Crippen molar-refractivity contribution < 1.29 is 23.1 Å². The van der Waals surface area contributed by atoms with Crippen molar-refractivity contribution in [1.29, 1.82) is 0 Å². The molecule has 1 rings (SSSR count). The van der Waals surface area contributed by atoms with Crippen LogP contribution in [0, 0.1) is 5.92 Å². The predicted octanol–water partition coefficient (Wildman–Crippen LogP) is 1.16. The summed E-state index contributed by atoms with van der Waals surface area (Å²) >= 11 is 0.996. The highest BCUT2D eigenvalue weighted by Crippen LogP contribution is 2.22. The Kier molecular flexibility index (Phi) is 6.51. The van der Waals surface area contributed by atoms with Gasteiger partial charge in [-0.25, -0.2) is 8.42 Å². The smallest absolute Gasteiger partial charge is 0.321 e. The molecular weight excluding hydrogens is 328 g/mol. The van der Waals surface area contributed by atoms with E-state index < -0.39 is 22.0 Å². The maximum Gasteiger partial charge on any atom is 0.321 e. The van der Waals surface area contributed by atoms with Gasteiger partial charge in [-0.1, -0.05) is 13.8 Å². The van der Waals surface area contributed by atoms with E-state index in [0.29, 0.717) is 4.88 Å². The summed E-state index contributed by atoms with van der Waals surface area (Å²) in [5.41, 5.74) is 0. The van der Waals surface area contributed by atoms with E-state index in [1.807, 2.05) is 13.8 Å². The van der Waals surface area contributed by atoms with Gasteiger partial charge in [-0.3, -0.25) is 9.59 Å². The molecule has 0 radical (unpaired) electrons. The minimum Gasteiger partial charge on any atom is -0.480 e. The van der Waals surface area contributed by atoms with E-state index in [0.717, 1.165) is 11.3 Å². The van der Waals surface area contributed by atoms with Crippen LogP contribution in [0.2, 0.25) is 0 Å². The third-order valence-corrected chi connectivity index (χ3v) is 5.76. The fraction of sp³-hybridized carbons (Fsp3) is 0.538. The molecular formula is C13H20N2O5S2. The lowest BCUT2D eigenvalue weighted by atomic mass is 10.1. The van der Waals surface area contributed by atoms with Crippen LogP contribution >= 0.6 is 11.3 Å². The summed E-state index contributed by atoms with van der Waals surface area (Å²) in [5, 5.41) is 11.7. The van der Waals surface area contributed by atoms with Gasteiger partial charge in [-0.05, 0) is 24.5 Å². The number of carbonyl (C=O) groups excluding carboxylic acids is 1. The minimum absolute atomic E-state index is 0.0304. The Morgan fingerprint density at radius 3 is 2.45 bits per heavy atom. The number of sulfonamides is 1. The second-order valence-electron chi connectivity index (χ2n) is 5.27. The molecule has 0 aliphatic heterocycles. The topological polar surface area (TPSA) is 113 Å².